The number of ether oxygens (including phenoxy) is 1. The van der Waals surface area contributed by atoms with Gasteiger partial charge in [0.25, 0.3) is 5.91 Å². The number of amides is 1. The van der Waals surface area contributed by atoms with Crippen molar-refractivity contribution >= 4 is 11.9 Å². The van der Waals surface area contributed by atoms with E-state index in [-0.39, 0.29) is 24.7 Å². The van der Waals surface area contributed by atoms with Gasteiger partial charge in [0.1, 0.15) is 5.69 Å². The lowest BCUT2D eigenvalue weighted by Gasteiger charge is -2.33. The second kappa shape index (κ2) is 7.61. The molecule has 24 heavy (non-hydrogen) atoms. The van der Waals surface area contributed by atoms with Gasteiger partial charge in [0.15, 0.2) is 0 Å². The standard InChI is InChI=1S/C15H17F3N2O4/c16-15(17,18)10-1-2-12(19-9-10)14(23)20(6-3-13(21)22)11-4-7-24-8-5-11/h1-2,9,11H,3-8H2,(H,21,22). The molecule has 0 atom stereocenters. The lowest BCUT2D eigenvalue weighted by atomic mass is 10.1. The summed E-state index contributed by atoms with van der Waals surface area (Å²) in [6.07, 6.45) is -3.08. The van der Waals surface area contributed by atoms with Crippen LogP contribution >= 0.6 is 0 Å². The van der Waals surface area contributed by atoms with Crippen molar-refractivity contribution in [3.8, 4) is 0 Å². The summed E-state index contributed by atoms with van der Waals surface area (Å²) in [6, 6.07) is 1.59. The fraction of sp³-hybridized carbons (Fsp3) is 0.533. The molecule has 9 heteroatoms. The van der Waals surface area contributed by atoms with Crippen LogP contribution in [0.5, 0.6) is 0 Å². The number of carbonyl (C=O) groups excluding carboxylic acids is 1. The summed E-state index contributed by atoms with van der Waals surface area (Å²) in [5.74, 6) is -1.63. The molecule has 1 amide bonds. The van der Waals surface area contributed by atoms with Crippen LogP contribution in [0, 0.1) is 0 Å². The minimum atomic E-state index is -4.53. The number of carboxylic acid groups (broad SMARTS) is 1. The highest BCUT2D eigenvalue weighted by Gasteiger charge is 2.32. The molecule has 1 aliphatic rings. The predicted octanol–water partition coefficient (Wildman–Crippen LogP) is 2.20. The van der Waals surface area contributed by atoms with Gasteiger partial charge in [-0.1, -0.05) is 0 Å². The van der Waals surface area contributed by atoms with Crippen LogP contribution in [0.2, 0.25) is 0 Å². The number of carboxylic acids is 1. The van der Waals surface area contributed by atoms with E-state index in [4.69, 9.17) is 9.84 Å². The van der Waals surface area contributed by atoms with E-state index in [0.29, 0.717) is 32.3 Å². The topological polar surface area (TPSA) is 79.7 Å². The maximum absolute atomic E-state index is 12.6. The number of alkyl halides is 3. The quantitative estimate of drug-likeness (QED) is 0.884. The third kappa shape index (κ3) is 4.67. The molecule has 0 aliphatic carbocycles. The highest BCUT2D eigenvalue weighted by Crippen LogP contribution is 2.28. The van der Waals surface area contributed by atoms with E-state index in [0.717, 1.165) is 12.1 Å². The van der Waals surface area contributed by atoms with Crippen molar-refractivity contribution in [2.24, 2.45) is 0 Å². The van der Waals surface area contributed by atoms with Gasteiger partial charge in [-0.25, -0.2) is 0 Å². The first kappa shape index (κ1) is 18.2. The minimum Gasteiger partial charge on any atom is -0.481 e. The number of pyridine rings is 1. The monoisotopic (exact) mass is 346 g/mol. The molecule has 1 aliphatic heterocycles. The van der Waals surface area contributed by atoms with Crippen LogP contribution in [-0.4, -0.2) is 52.7 Å². The van der Waals surface area contributed by atoms with Gasteiger partial charge in [-0.2, -0.15) is 13.2 Å². The number of carbonyl (C=O) groups is 2. The average Bonchev–Trinajstić information content (AvgIpc) is 2.55. The minimum absolute atomic E-state index is 0.0263. The van der Waals surface area contributed by atoms with Crippen LogP contribution in [0.4, 0.5) is 13.2 Å². The molecule has 0 radical (unpaired) electrons. The molecule has 1 aromatic heterocycles. The third-order valence-corrected chi connectivity index (χ3v) is 3.77. The summed E-state index contributed by atoms with van der Waals surface area (Å²) in [5.41, 5.74) is -1.08. The summed E-state index contributed by atoms with van der Waals surface area (Å²) >= 11 is 0. The summed E-state index contributed by atoms with van der Waals surface area (Å²) in [5, 5.41) is 8.84. The molecule has 0 spiro atoms. The van der Waals surface area contributed by atoms with Crippen molar-refractivity contribution in [3.05, 3.63) is 29.6 Å². The molecular formula is C15H17F3N2O4. The molecule has 0 unspecified atom stereocenters. The maximum Gasteiger partial charge on any atom is 0.417 e. The Morgan fingerprint density at radius 3 is 2.46 bits per heavy atom. The lowest BCUT2D eigenvalue weighted by molar-refractivity contribution is -0.138. The number of hydrogen-bond acceptors (Lipinski definition) is 4. The normalized spacial score (nSPS) is 16.0. The Morgan fingerprint density at radius 2 is 1.96 bits per heavy atom. The first-order valence-corrected chi connectivity index (χ1v) is 7.43. The van der Waals surface area contributed by atoms with Gasteiger partial charge in [0.05, 0.1) is 12.0 Å². The molecule has 132 valence electrons. The summed E-state index contributed by atoms with van der Waals surface area (Å²) in [4.78, 5) is 28.3. The zero-order chi connectivity index (χ0) is 17.7. The second-order valence-corrected chi connectivity index (χ2v) is 5.42. The molecule has 1 saturated heterocycles. The van der Waals surface area contributed by atoms with E-state index in [9.17, 15) is 22.8 Å². The third-order valence-electron chi connectivity index (χ3n) is 3.77. The lowest BCUT2D eigenvalue weighted by Crippen LogP contribution is -2.44. The van der Waals surface area contributed by atoms with Crippen LogP contribution in [-0.2, 0) is 15.7 Å². The molecule has 0 aromatic carbocycles. The van der Waals surface area contributed by atoms with Gasteiger partial charge in [0, 0.05) is 32.0 Å². The zero-order valence-electron chi connectivity index (χ0n) is 12.8. The van der Waals surface area contributed by atoms with Crippen molar-refractivity contribution in [3.63, 3.8) is 0 Å². The fourth-order valence-corrected chi connectivity index (χ4v) is 2.50. The zero-order valence-corrected chi connectivity index (χ0v) is 12.8. The molecule has 6 nitrogen and oxygen atoms in total. The molecule has 1 aromatic rings. The Balaban J connectivity index is 2.17. The smallest absolute Gasteiger partial charge is 0.417 e. The second-order valence-electron chi connectivity index (χ2n) is 5.42. The molecule has 2 heterocycles. The SMILES string of the molecule is O=C(O)CCN(C(=O)c1ccc(C(F)(F)F)cn1)C1CCOCC1. The van der Waals surface area contributed by atoms with Crippen LogP contribution in [0.25, 0.3) is 0 Å². The maximum atomic E-state index is 12.6. The van der Waals surface area contributed by atoms with E-state index < -0.39 is 23.6 Å². The number of nitrogens with zero attached hydrogens (tertiary/aromatic N) is 2. The van der Waals surface area contributed by atoms with Crippen molar-refractivity contribution < 1.29 is 32.6 Å². The van der Waals surface area contributed by atoms with E-state index >= 15 is 0 Å². The fourth-order valence-electron chi connectivity index (χ4n) is 2.50. The van der Waals surface area contributed by atoms with Crippen LogP contribution in [0.1, 0.15) is 35.3 Å². The van der Waals surface area contributed by atoms with E-state index in [1.165, 1.54) is 4.90 Å². The Kier molecular flexibility index (Phi) is 5.76. The first-order chi connectivity index (χ1) is 11.3. The van der Waals surface area contributed by atoms with Gasteiger partial charge in [-0.05, 0) is 25.0 Å². The molecular weight excluding hydrogens is 329 g/mol. The van der Waals surface area contributed by atoms with E-state index in [1.807, 2.05) is 0 Å². The number of rotatable bonds is 5. The number of halogens is 3. The predicted molar refractivity (Wildman–Crippen MR) is 76.4 cm³/mol. The van der Waals surface area contributed by atoms with Crippen LogP contribution in [0.15, 0.2) is 18.3 Å². The van der Waals surface area contributed by atoms with Crippen molar-refractivity contribution in [2.75, 3.05) is 19.8 Å². The van der Waals surface area contributed by atoms with Gasteiger partial charge in [-0.3, -0.25) is 14.6 Å². The molecule has 2 rings (SSSR count). The Hall–Kier alpha value is -2.16. The highest BCUT2D eigenvalue weighted by atomic mass is 19.4. The Bertz CT molecular complexity index is 583. The summed E-state index contributed by atoms with van der Waals surface area (Å²) < 4.78 is 42.9. The Morgan fingerprint density at radius 1 is 1.29 bits per heavy atom. The van der Waals surface area contributed by atoms with Gasteiger partial charge in [-0.15, -0.1) is 0 Å². The summed E-state index contributed by atoms with van der Waals surface area (Å²) in [6.45, 7) is 0.867. The average molecular weight is 346 g/mol. The van der Waals surface area contributed by atoms with Crippen LogP contribution < -0.4 is 0 Å². The van der Waals surface area contributed by atoms with Crippen molar-refractivity contribution in [2.45, 2.75) is 31.5 Å². The molecule has 0 bridgehead atoms. The Labute approximate surface area is 136 Å². The molecule has 1 fully saturated rings. The van der Waals surface area contributed by atoms with Gasteiger partial charge < -0.3 is 14.7 Å². The molecule has 1 N–H and O–H groups in total. The van der Waals surface area contributed by atoms with Gasteiger partial charge >= 0.3 is 12.1 Å². The van der Waals surface area contributed by atoms with E-state index in [1.54, 1.807) is 0 Å². The number of aromatic nitrogens is 1. The number of aliphatic carboxylic acids is 1. The van der Waals surface area contributed by atoms with Gasteiger partial charge in [0.2, 0.25) is 0 Å². The number of hydrogen-bond donors (Lipinski definition) is 1. The van der Waals surface area contributed by atoms with E-state index in [2.05, 4.69) is 4.98 Å². The van der Waals surface area contributed by atoms with Crippen LogP contribution in [0.3, 0.4) is 0 Å². The first-order valence-electron chi connectivity index (χ1n) is 7.43. The summed E-state index contributed by atoms with van der Waals surface area (Å²) in [7, 11) is 0. The van der Waals surface area contributed by atoms with Crippen molar-refractivity contribution in [1.29, 1.82) is 0 Å². The largest absolute Gasteiger partial charge is 0.481 e. The highest BCUT2D eigenvalue weighted by molar-refractivity contribution is 5.92. The molecule has 0 saturated carbocycles. The van der Waals surface area contributed by atoms with Crippen molar-refractivity contribution in [1.82, 2.24) is 9.88 Å².